The summed E-state index contributed by atoms with van der Waals surface area (Å²) in [6, 6.07) is 10.6. The molecule has 0 aliphatic carbocycles. The van der Waals surface area contributed by atoms with Crippen molar-refractivity contribution in [3.8, 4) is 5.95 Å². The number of benzene rings is 1. The summed E-state index contributed by atoms with van der Waals surface area (Å²) >= 11 is 0. The van der Waals surface area contributed by atoms with E-state index in [1.54, 1.807) is 18.5 Å². The molecule has 1 aromatic carbocycles. The Balaban J connectivity index is 1.44. The quantitative estimate of drug-likeness (QED) is 0.756. The highest BCUT2D eigenvalue weighted by atomic mass is 16.5. The summed E-state index contributed by atoms with van der Waals surface area (Å²) in [4.78, 5) is 24.2. The van der Waals surface area contributed by atoms with E-state index in [4.69, 9.17) is 4.74 Å². The first-order valence-corrected chi connectivity index (χ1v) is 9.68. The first kappa shape index (κ1) is 17.3. The fraction of sp³-hybridized carbons (Fsp3) is 0.381. The molecule has 2 aliphatic heterocycles. The molecule has 0 radical (unpaired) electrons. The Morgan fingerprint density at radius 1 is 1.11 bits per heavy atom. The highest BCUT2D eigenvalue weighted by molar-refractivity contribution is 6.07. The van der Waals surface area contributed by atoms with Gasteiger partial charge in [-0.15, -0.1) is 0 Å². The Morgan fingerprint density at radius 2 is 1.82 bits per heavy atom. The molecule has 1 unspecified atom stereocenters. The van der Waals surface area contributed by atoms with Crippen LogP contribution in [-0.2, 0) is 4.74 Å². The van der Waals surface area contributed by atoms with Gasteiger partial charge >= 0.3 is 0 Å². The molecule has 3 aromatic rings. The minimum atomic E-state index is -0.0422. The van der Waals surface area contributed by atoms with Crippen molar-refractivity contribution in [1.82, 2.24) is 24.8 Å². The number of likely N-dealkylation sites (N-methyl/N-ethyl adjacent to an activating group) is 1. The van der Waals surface area contributed by atoms with Crippen LogP contribution in [0.5, 0.6) is 0 Å². The number of para-hydroxylation sites is 1. The lowest BCUT2D eigenvalue weighted by Crippen LogP contribution is -2.59. The van der Waals surface area contributed by atoms with E-state index in [0.717, 1.165) is 37.0 Å². The molecule has 0 spiro atoms. The molecule has 5 rings (SSSR count). The summed E-state index contributed by atoms with van der Waals surface area (Å²) in [7, 11) is 2.16. The monoisotopic (exact) mass is 377 g/mol. The van der Waals surface area contributed by atoms with Gasteiger partial charge in [-0.05, 0) is 32.0 Å². The highest BCUT2D eigenvalue weighted by Gasteiger charge is 2.37. The van der Waals surface area contributed by atoms with Gasteiger partial charge in [0.25, 0.3) is 5.91 Å². The third-order valence-corrected chi connectivity index (χ3v) is 5.95. The second-order valence-electron chi connectivity index (χ2n) is 7.63. The minimum absolute atomic E-state index is 0.0422. The van der Waals surface area contributed by atoms with Crippen molar-refractivity contribution in [3.05, 3.63) is 54.5 Å². The maximum Gasteiger partial charge on any atom is 0.253 e. The van der Waals surface area contributed by atoms with Crippen molar-refractivity contribution in [3.63, 3.8) is 0 Å². The molecule has 2 fully saturated rings. The van der Waals surface area contributed by atoms with Crippen LogP contribution in [0.4, 0.5) is 0 Å². The number of piperidine rings is 1. The molecule has 7 heteroatoms. The number of hydrogen-bond acceptors (Lipinski definition) is 5. The normalized spacial score (nSPS) is 25.0. The summed E-state index contributed by atoms with van der Waals surface area (Å²) in [5.41, 5.74) is 1.58. The number of carbonyl (C=O) groups excluding carboxylic acids is 1. The van der Waals surface area contributed by atoms with E-state index < -0.39 is 0 Å². The van der Waals surface area contributed by atoms with Crippen LogP contribution in [0.25, 0.3) is 16.9 Å². The van der Waals surface area contributed by atoms with Crippen LogP contribution < -0.4 is 5.32 Å². The van der Waals surface area contributed by atoms with Gasteiger partial charge in [-0.25, -0.2) is 9.97 Å². The molecule has 2 saturated heterocycles. The number of nitrogens with zero attached hydrogens (tertiary/aromatic N) is 4. The van der Waals surface area contributed by atoms with E-state index in [-0.39, 0.29) is 11.9 Å². The van der Waals surface area contributed by atoms with Crippen LogP contribution in [-0.4, -0.2) is 63.7 Å². The number of ether oxygens (including phenoxy) is 1. The maximum absolute atomic E-state index is 13.2. The molecule has 144 valence electrons. The number of amides is 1. The van der Waals surface area contributed by atoms with Gasteiger partial charge in [0.05, 0.1) is 24.3 Å². The van der Waals surface area contributed by atoms with Gasteiger partial charge in [0.1, 0.15) is 0 Å². The molecule has 0 saturated carbocycles. The van der Waals surface area contributed by atoms with Gasteiger partial charge in [-0.1, -0.05) is 18.2 Å². The average molecular weight is 377 g/mol. The lowest BCUT2D eigenvalue weighted by Gasteiger charge is -2.46. The first-order valence-electron chi connectivity index (χ1n) is 9.68. The highest BCUT2D eigenvalue weighted by Crippen LogP contribution is 2.28. The van der Waals surface area contributed by atoms with Gasteiger partial charge in [-0.2, -0.15) is 0 Å². The number of hydrogen-bond donors (Lipinski definition) is 1. The maximum atomic E-state index is 13.2. The molecule has 1 N–H and O–H groups in total. The fourth-order valence-corrected chi connectivity index (χ4v) is 4.42. The van der Waals surface area contributed by atoms with E-state index in [1.807, 2.05) is 35.0 Å². The summed E-state index contributed by atoms with van der Waals surface area (Å²) in [6.07, 6.45) is 7.08. The van der Waals surface area contributed by atoms with Crippen molar-refractivity contribution < 1.29 is 9.53 Å². The predicted molar refractivity (Wildman–Crippen MR) is 106 cm³/mol. The second kappa shape index (κ2) is 7.00. The Labute approximate surface area is 163 Å². The third kappa shape index (κ3) is 2.96. The number of rotatable bonds is 3. The number of morpholine rings is 1. The lowest BCUT2D eigenvalue weighted by molar-refractivity contribution is -0.0670. The Bertz CT molecular complexity index is 988. The second-order valence-corrected chi connectivity index (χ2v) is 7.63. The van der Waals surface area contributed by atoms with Crippen LogP contribution in [0.3, 0.4) is 0 Å². The minimum Gasteiger partial charge on any atom is -0.378 e. The van der Waals surface area contributed by atoms with Crippen molar-refractivity contribution >= 4 is 16.8 Å². The summed E-state index contributed by atoms with van der Waals surface area (Å²) in [5.74, 6) is 0.517. The molecule has 2 aliphatic rings. The predicted octanol–water partition coefficient (Wildman–Crippen LogP) is 2.01. The van der Waals surface area contributed by atoms with E-state index in [2.05, 4.69) is 27.2 Å². The molecule has 1 amide bonds. The largest absolute Gasteiger partial charge is 0.378 e. The molecular formula is C21H23N5O2. The third-order valence-electron chi connectivity index (χ3n) is 5.95. The summed E-state index contributed by atoms with van der Waals surface area (Å²) < 4.78 is 7.56. The van der Waals surface area contributed by atoms with Gasteiger partial charge < -0.3 is 10.1 Å². The first-order chi connectivity index (χ1) is 13.7. The zero-order valence-corrected chi connectivity index (χ0v) is 15.8. The van der Waals surface area contributed by atoms with Crippen molar-refractivity contribution in [2.45, 2.75) is 31.0 Å². The molecule has 3 atom stereocenters. The van der Waals surface area contributed by atoms with Crippen LogP contribution in [0.1, 0.15) is 23.2 Å². The Morgan fingerprint density at radius 3 is 2.57 bits per heavy atom. The van der Waals surface area contributed by atoms with Crippen LogP contribution in [0, 0.1) is 0 Å². The fourth-order valence-electron chi connectivity index (χ4n) is 4.42. The number of fused-ring (bicyclic) bond motifs is 3. The van der Waals surface area contributed by atoms with Crippen molar-refractivity contribution in [2.24, 2.45) is 0 Å². The lowest BCUT2D eigenvalue weighted by atomic mass is 9.90. The number of aromatic nitrogens is 3. The van der Waals surface area contributed by atoms with Gasteiger partial charge in [-0.3, -0.25) is 14.3 Å². The molecule has 2 aromatic heterocycles. The SMILES string of the molecule is CN1[C@@H]2COC[C@H]1CC(NC(=O)c1cn(-c3ncccn3)c3ccccc13)C2. The summed E-state index contributed by atoms with van der Waals surface area (Å²) in [5, 5.41) is 4.17. The van der Waals surface area contributed by atoms with E-state index in [9.17, 15) is 4.79 Å². The van der Waals surface area contributed by atoms with E-state index in [1.165, 1.54) is 0 Å². The number of carbonyl (C=O) groups is 1. The van der Waals surface area contributed by atoms with Gasteiger partial charge in [0.15, 0.2) is 0 Å². The molecular weight excluding hydrogens is 354 g/mol. The van der Waals surface area contributed by atoms with Crippen molar-refractivity contribution in [1.29, 1.82) is 0 Å². The Hall–Kier alpha value is -2.77. The average Bonchev–Trinajstić information content (AvgIpc) is 3.09. The van der Waals surface area contributed by atoms with Gasteiger partial charge in [0.2, 0.25) is 5.95 Å². The zero-order valence-electron chi connectivity index (χ0n) is 15.8. The molecule has 4 heterocycles. The van der Waals surface area contributed by atoms with Crippen molar-refractivity contribution in [2.75, 3.05) is 20.3 Å². The number of nitrogens with one attached hydrogen (secondary N) is 1. The van der Waals surface area contributed by atoms with Crippen LogP contribution in [0.2, 0.25) is 0 Å². The Kier molecular flexibility index (Phi) is 4.33. The van der Waals surface area contributed by atoms with Crippen LogP contribution >= 0.6 is 0 Å². The van der Waals surface area contributed by atoms with Crippen LogP contribution in [0.15, 0.2) is 48.9 Å². The topological polar surface area (TPSA) is 72.3 Å². The summed E-state index contributed by atoms with van der Waals surface area (Å²) in [6.45, 7) is 1.48. The van der Waals surface area contributed by atoms with E-state index in [0.29, 0.717) is 23.6 Å². The standard InChI is InChI=1S/C21H23N5O2/c1-25-15-9-14(10-16(25)13-28-12-15)24-20(27)18-11-26(21-22-7-4-8-23-21)19-6-3-2-5-17(18)19/h2-8,11,14-16H,9-10,12-13H2,1H3,(H,24,27)/t14?,15-,16+. The van der Waals surface area contributed by atoms with Gasteiger partial charge in [0, 0.05) is 42.1 Å². The molecule has 28 heavy (non-hydrogen) atoms. The smallest absolute Gasteiger partial charge is 0.253 e. The zero-order chi connectivity index (χ0) is 19.1. The molecule has 2 bridgehead atoms. The molecule has 7 nitrogen and oxygen atoms in total. The van der Waals surface area contributed by atoms with E-state index >= 15 is 0 Å².